The highest BCUT2D eigenvalue weighted by Crippen LogP contribution is 2.12. The highest BCUT2D eigenvalue weighted by Gasteiger charge is 2.08. The Balaban J connectivity index is 2.31. The maximum absolute atomic E-state index is 13.7. The molecule has 0 spiro atoms. The summed E-state index contributed by atoms with van der Waals surface area (Å²) in [6.07, 6.45) is 2.71. The summed E-state index contributed by atoms with van der Waals surface area (Å²) < 4.78 is 18.9. The molecule has 0 saturated carbocycles. The van der Waals surface area contributed by atoms with E-state index in [0.29, 0.717) is 38.4 Å². The Morgan fingerprint density at radius 2 is 2.24 bits per heavy atom. The molecule has 1 heterocycles. The van der Waals surface area contributed by atoms with Gasteiger partial charge in [-0.05, 0) is 12.8 Å². The SMILES string of the molecule is CCc1ncnc(NCCCOCCN)c1F. The summed E-state index contributed by atoms with van der Waals surface area (Å²) in [5.74, 6) is -0.103. The second kappa shape index (κ2) is 7.92. The molecular formula is C11H19FN4O. The zero-order valence-corrected chi connectivity index (χ0v) is 10.1. The van der Waals surface area contributed by atoms with Gasteiger partial charge < -0.3 is 15.8 Å². The van der Waals surface area contributed by atoms with Crippen molar-refractivity contribution in [2.45, 2.75) is 19.8 Å². The minimum Gasteiger partial charge on any atom is -0.380 e. The molecule has 1 aromatic heterocycles. The molecule has 0 amide bonds. The zero-order chi connectivity index (χ0) is 12.5. The first-order valence-corrected chi connectivity index (χ1v) is 5.80. The maximum atomic E-state index is 13.7. The average molecular weight is 242 g/mol. The highest BCUT2D eigenvalue weighted by atomic mass is 19.1. The summed E-state index contributed by atoms with van der Waals surface area (Å²) in [5.41, 5.74) is 5.71. The minimum absolute atomic E-state index is 0.260. The average Bonchev–Trinajstić information content (AvgIpc) is 2.35. The second-order valence-electron chi connectivity index (χ2n) is 3.52. The van der Waals surface area contributed by atoms with Crippen molar-refractivity contribution < 1.29 is 9.13 Å². The smallest absolute Gasteiger partial charge is 0.186 e. The number of halogens is 1. The Morgan fingerprint density at radius 3 is 2.94 bits per heavy atom. The highest BCUT2D eigenvalue weighted by molar-refractivity contribution is 5.36. The van der Waals surface area contributed by atoms with Crippen molar-refractivity contribution in [2.24, 2.45) is 5.73 Å². The lowest BCUT2D eigenvalue weighted by atomic mass is 10.3. The molecule has 0 unspecified atom stereocenters. The van der Waals surface area contributed by atoms with Gasteiger partial charge in [-0.15, -0.1) is 0 Å². The van der Waals surface area contributed by atoms with Crippen LogP contribution in [0.3, 0.4) is 0 Å². The van der Waals surface area contributed by atoms with Crippen LogP contribution in [0, 0.1) is 5.82 Å². The van der Waals surface area contributed by atoms with Crippen LogP contribution in [-0.4, -0.2) is 36.3 Å². The van der Waals surface area contributed by atoms with Crippen molar-refractivity contribution in [2.75, 3.05) is 31.6 Å². The Kier molecular flexibility index (Phi) is 6.42. The number of ether oxygens (including phenoxy) is 1. The quantitative estimate of drug-likeness (QED) is 0.664. The topological polar surface area (TPSA) is 73.1 Å². The largest absolute Gasteiger partial charge is 0.380 e. The van der Waals surface area contributed by atoms with E-state index in [0.717, 1.165) is 6.42 Å². The summed E-state index contributed by atoms with van der Waals surface area (Å²) >= 11 is 0. The lowest BCUT2D eigenvalue weighted by Crippen LogP contribution is -2.13. The van der Waals surface area contributed by atoms with Gasteiger partial charge in [-0.1, -0.05) is 6.92 Å². The van der Waals surface area contributed by atoms with Crippen LogP contribution in [0.1, 0.15) is 19.0 Å². The van der Waals surface area contributed by atoms with Gasteiger partial charge in [0.25, 0.3) is 0 Å². The van der Waals surface area contributed by atoms with Crippen molar-refractivity contribution in [3.63, 3.8) is 0 Å². The number of aryl methyl sites for hydroxylation is 1. The number of hydrogen-bond acceptors (Lipinski definition) is 5. The van der Waals surface area contributed by atoms with Gasteiger partial charge in [0, 0.05) is 19.7 Å². The van der Waals surface area contributed by atoms with E-state index in [9.17, 15) is 4.39 Å². The van der Waals surface area contributed by atoms with Crippen LogP contribution in [0.5, 0.6) is 0 Å². The molecule has 0 aromatic carbocycles. The van der Waals surface area contributed by atoms with Crippen LogP contribution in [0.25, 0.3) is 0 Å². The first-order valence-electron chi connectivity index (χ1n) is 5.80. The third kappa shape index (κ3) is 4.62. The number of nitrogens with zero attached hydrogens (tertiary/aromatic N) is 2. The standard InChI is InChI=1S/C11H19FN4O/c1-2-9-10(12)11(16-8-15-9)14-5-3-6-17-7-4-13/h8H,2-7,13H2,1H3,(H,14,15,16). The number of nitrogens with one attached hydrogen (secondary N) is 1. The van der Waals surface area contributed by atoms with Gasteiger partial charge in [-0.25, -0.2) is 14.4 Å². The lowest BCUT2D eigenvalue weighted by Gasteiger charge is -2.08. The number of rotatable bonds is 8. The van der Waals surface area contributed by atoms with E-state index < -0.39 is 0 Å². The Labute approximate surface area is 101 Å². The third-order valence-corrected chi connectivity index (χ3v) is 2.22. The molecule has 1 rings (SSSR count). The van der Waals surface area contributed by atoms with Gasteiger partial charge in [-0.2, -0.15) is 0 Å². The summed E-state index contributed by atoms with van der Waals surface area (Å²) in [7, 11) is 0. The molecule has 0 fully saturated rings. The third-order valence-electron chi connectivity index (χ3n) is 2.22. The van der Waals surface area contributed by atoms with E-state index in [4.69, 9.17) is 10.5 Å². The second-order valence-corrected chi connectivity index (χ2v) is 3.52. The van der Waals surface area contributed by atoms with Crippen molar-refractivity contribution in [1.29, 1.82) is 0 Å². The summed E-state index contributed by atoms with van der Waals surface area (Å²) in [5, 5.41) is 2.93. The molecule has 5 nitrogen and oxygen atoms in total. The molecular weight excluding hydrogens is 223 g/mol. The molecule has 0 aliphatic heterocycles. The molecule has 1 aromatic rings. The predicted molar refractivity (Wildman–Crippen MR) is 64.3 cm³/mol. The van der Waals surface area contributed by atoms with Crippen molar-refractivity contribution in [3.8, 4) is 0 Å². The maximum Gasteiger partial charge on any atom is 0.186 e. The molecule has 6 heteroatoms. The Morgan fingerprint density at radius 1 is 1.41 bits per heavy atom. The van der Waals surface area contributed by atoms with Crippen LogP contribution >= 0.6 is 0 Å². The normalized spacial score (nSPS) is 10.5. The van der Waals surface area contributed by atoms with E-state index in [1.165, 1.54) is 6.33 Å². The van der Waals surface area contributed by atoms with E-state index >= 15 is 0 Å². The number of anilines is 1. The fraction of sp³-hybridized carbons (Fsp3) is 0.636. The fourth-order valence-electron chi connectivity index (χ4n) is 1.34. The van der Waals surface area contributed by atoms with Gasteiger partial charge in [0.2, 0.25) is 0 Å². The predicted octanol–water partition coefficient (Wildman–Crippen LogP) is 0.955. The molecule has 0 atom stereocenters. The Hall–Kier alpha value is -1.27. The van der Waals surface area contributed by atoms with E-state index in [1.807, 2.05) is 6.92 Å². The lowest BCUT2D eigenvalue weighted by molar-refractivity contribution is 0.141. The molecule has 17 heavy (non-hydrogen) atoms. The van der Waals surface area contributed by atoms with E-state index in [-0.39, 0.29) is 11.6 Å². The van der Waals surface area contributed by atoms with Crippen molar-refractivity contribution in [1.82, 2.24) is 9.97 Å². The number of aromatic nitrogens is 2. The summed E-state index contributed by atoms with van der Waals surface area (Å²) in [4.78, 5) is 7.72. The first-order chi connectivity index (χ1) is 8.29. The van der Waals surface area contributed by atoms with Crippen molar-refractivity contribution in [3.05, 3.63) is 17.8 Å². The minimum atomic E-state index is -0.363. The van der Waals surface area contributed by atoms with Crippen LogP contribution in [0.4, 0.5) is 10.2 Å². The van der Waals surface area contributed by atoms with E-state index in [2.05, 4.69) is 15.3 Å². The first kappa shape index (κ1) is 13.8. The molecule has 0 aliphatic rings. The number of nitrogens with two attached hydrogens (primary N) is 1. The molecule has 0 aliphatic carbocycles. The summed E-state index contributed by atoms with van der Waals surface area (Å²) in [6.45, 7) is 4.16. The van der Waals surface area contributed by atoms with Gasteiger partial charge in [0.15, 0.2) is 11.6 Å². The molecule has 3 N–H and O–H groups in total. The van der Waals surface area contributed by atoms with E-state index in [1.54, 1.807) is 0 Å². The van der Waals surface area contributed by atoms with Gasteiger partial charge in [0.1, 0.15) is 6.33 Å². The molecule has 0 saturated heterocycles. The van der Waals surface area contributed by atoms with Crippen LogP contribution in [0.2, 0.25) is 0 Å². The molecule has 0 radical (unpaired) electrons. The Bertz CT molecular complexity index is 335. The monoisotopic (exact) mass is 242 g/mol. The fourth-order valence-corrected chi connectivity index (χ4v) is 1.34. The summed E-state index contributed by atoms with van der Waals surface area (Å²) in [6, 6.07) is 0. The van der Waals surface area contributed by atoms with Crippen LogP contribution in [-0.2, 0) is 11.2 Å². The molecule has 0 bridgehead atoms. The van der Waals surface area contributed by atoms with Gasteiger partial charge in [-0.3, -0.25) is 0 Å². The van der Waals surface area contributed by atoms with Crippen LogP contribution < -0.4 is 11.1 Å². The van der Waals surface area contributed by atoms with Crippen molar-refractivity contribution >= 4 is 5.82 Å². The van der Waals surface area contributed by atoms with Gasteiger partial charge >= 0.3 is 0 Å². The number of hydrogen-bond donors (Lipinski definition) is 2. The zero-order valence-electron chi connectivity index (χ0n) is 10.1. The molecule has 96 valence electrons. The van der Waals surface area contributed by atoms with Gasteiger partial charge in [0.05, 0.1) is 12.3 Å². The van der Waals surface area contributed by atoms with Crippen LogP contribution in [0.15, 0.2) is 6.33 Å².